The predicted molar refractivity (Wildman–Crippen MR) is 50.4 cm³/mol. The standard InChI is InChI=1S/C9H11ClN2/c1-6-4-8(6)12-7-2-3-11-9(10)5-7/h2-3,5-6,8H,4H2,1H3,(H,11,12)/t6-,8-/m1/s1. The molecule has 1 N–H and O–H groups in total. The minimum atomic E-state index is 0.549. The van der Waals surface area contributed by atoms with Gasteiger partial charge in [0.15, 0.2) is 0 Å². The lowest BCUT2D eigenvalue weighted by atomic mass is 10.4. The van der Waals surface area contributed by atoms with Crippen LogP contribution in [0.1, 0.15) is 13.3 Å². The Morgan fingerprint density at radius 3 is 3.00 bits per heavy atom. The highest BCUT2D eigenvalue weighted by molar-refractivity contribution is 6.29. The molecular formula is C9H11ClN2. The van der Waals surface area contributed by atoms with Gasteiger partial charge in [-0.1, -0.05) is 18.5 Å². The fourth-order valence-electron chi connectivity index (χ4n) is 1.23. The van der Waals surface area contributed by atoms with Crippen molar-refractivity contribution in [3.05, 3.63) is 23.5 Å². The van der Waals surface area contributed by atoms with E-state index in [0.29, 0.717) is 11.2 Å². The molecule has 12 heavy (non-hydrogen) atoms. The van der Waals surface area contributed by atoms with Crippen molar-refractivity contribution in [3.63, 3.8) is 0 Å². The van der Waals surface area contributed by atoms with Gasteiger partial charge in [0.1, 0.15) is 5.15 Å². The summed E-state index contributed by atoms with van der Waals surface area (Å²) in [5.74, 6) is 0.803. The Balaban J connectivity index is 2.03. The molecule has 3 heteroatoms. The number of anilines is 1. The fourth-order valence-corrected chi connectivity index (χ4v) is 1.40. The number of halogens is 1. The van der Waals surface area contributed by atoms with Crippen LogP contribution in [0.25, 0.3) is 0 Å². The average Bonchev–Trinajstić information content (AvgIpc) is 2.66. The van der Waals surface area contributed by atoms with E-state index in [0.717, 1.165) is 11.6 Å². The molecule has 2 nitrogen and oxygen atoms in total. The van der Waals surface area contributed by atoms with Gasteiger partial charge in [-0.15, -0.1) is 0 Å². The van der Waals surface area contributed by atoms with Crippen molar-refractivity contribution < 1.29 is 0 Å². The van der Waals surface area contributed by atoms with E-state index in [9.17, 15) is 0 Å². The zero-order valence-corrected chi connectivity index (χ0v) is 7.67. The maximum Gasteiger partial charge on any atom is 0.131 e. The van der Waals surface area contributed by atoms with E-state index < -0.39 is 0 Å². The summed E-state index contributed by atoms with van der Waals surface area (Å²) in [7, 11) is 0. The van der Waals surface area contributed by atoms with Gasteiger partial charge in [0.25, 0.3) is 0 Å². The summed E-state index contributed by atoms with van der Waals surface area (Å²) in [5, 5.41) is 3.93. The lowest BCUT2D eigenvalue weighted by molar-refractivity contribution is 0.929. The summed E-state index contributed by atoms with van der Waals surface area (Å²) < 4.78 is 0. The molecule has 2 atom stereocenters. The lowest BCUT2D eigenvalue weighted by Crippen LogP contribution is -2.02. The summed E-state index contributed by atoms with van der Waals surface area (Å²) in [6, 6.07) is 4.44. The number of hydrogen-bond acceptors (Lipinski definition) is 2. The molecule has 1 saturated carbocycles. The van der Waals surface area contributed by atoms with E-state index in [4.69, 9.17) is 11.6 Å². The van der Waals surface area contributed by atoms with Crippen LogP contribution in [0.2, 0.25) is 5.15 Å². The van der Waals surface area contributed by atoms with Crippen molar-refractivity contribution >= 4 is 17.3 Å². The van der Waals surface area contributed by atoms with Crippen LogP contribution in [-0.4, -0.2) is 11.0 Å². The van der Waals surface area contributed by atoms with E-state index in [1.807, 2.05) is 12.1 Å². The van der Waals surface area contributed by atoms with Crippen molar-refractivity contribution in [1.29, 1.82) is 0 Å². The molecule has 0 spiro atoms. The second-order valence-corrected chi connectivity index (χ2v) is 3.72. The SMILES string of the molecule is C[C@@H]1C[C@H]1Nc1ccnc(Cl)c1. The Labute approximate surface area is 77.0 Å². The zero-order valence-electron chi connectivity index (χ0n) is 6.92. The number of pyridine rings is 1. The van der Waals surface area contributed by atoms with Gasteiger partial charge in [0.2, 0.25) is 0 Å². The second-order valence-electron chi connectivity index (χ2n) is 3.33. The highest BCUT2D eigenvalue weighted by atomic mass is 35.5. The predicted octanol–water partition coefficient (Wildman–Crippen LogP) is 2.56. The number of rotatable bonds is 2. The third-order valence-electron chi connectivity index (χ3n) is 2.19. The molecule has 1 fully saturated rings. The molecule has 0 saturated heterocycles. The highest BCUT2D eigenvalue weighted by Gasteiger charge is 2.32. The van der Waals surface area contributed by atoms with Crippen LogP contribution in [0.3, 0.4) is 0 Å². The van der Waals surface area contributed by atoms with E-state index in [1.54, 1.807) is 6.20 Å². The van der Waals surface area contributed by atoms with Crippen LogP contribution in [0.15, 0.2) is 18.3 Å². The largest absolute Gasteiger partial charge is 0.382 e. The number of nitrogens with zero attached hydrogens (tertiary/aromatic N) is 1. The molecule has 1 heterocycles. The van der Waals surface area contributed by atoms with E-state index in [1.165, 1.54) is 6.42 Å². The molecule has 0 aromatic carbocycles. The van der Waals surface area contributed by atoms with Crippen LogP contribution < -0.4 is 5.32 Å². The number of aromatic nitrogens is 1. The molecule has 1 aliphatic rings. The molecular weight excluding hydrogens is 172 g/mol. The molecule has 0 bridgehead atoms. The van der Waals surface area contributed by atoms with Gasteiger partial charge >= 0.3 is 0 Å². The number of hydrogen-bond donors (Lipinski definition) is 1. The van der Waals surface area contributed by atoms with E-state index in [-0.39, 0.29) is 0 Å². The van der Waals surface area contributed by atoms with Crippen molar-refractivity contribution in [2.24, 2.45) is 5.92 Å². The monoisotopic (exact) mass is 182 g/mol. The van der Waals surface area contributed by atoms with E-state index >= 15 is 0 Å². The first-order chi connectivity index (χ1) is 5.75. The minimum absolute atomic E-state index is 0.549. The maximum absolute atomic E-state index is 5.73. The summed E-state index contributed by atoms with van der Waals surface area (Å²) in [4.78, 5) is 3.91. The second kappa shape index (κ2) is 2.94. The van der Waals surface area contributed by atoms with Crippen LogP contribution in [0.5, 0.6) is 0 Å². The van der Waals surface area contributed by atoms with Crippen LogP contribution in [0.4, 0.5) is 5.69 Å². The Bertz CT molecular complexity index is 288. The third-order valence-corrected chi connectivity index (χ3v) is 2.39. The molecule has 64 valence electrons. The summed E-state index contributed by atoms with van der Waals surface area (Å²) in [6.07, 6.45) is 2.98. The Hall–Kier alpha value is -0.760. The van der Waals surface area contributed by atoms with Crippen molar-refractivity contribution in [3.8, 4) is 0 Å². The summed E-state index contributed by atoms with van der Waals surface area (Å²) in [5.41, 5.74) is 1.07. The maximum atomic E-state index is 5.73. The van der Waals surface area contributed by atoms with Gasteiger partial charge in [-0.2, -0.15) is 0 Å². The molecule has 0 aliphatic heterocycles. The van der Waals surface area contributed by atoms with E-state index in [2.05, 4.69) is 17.2 Å². The third kappa shape index (κ3) is 1.69. The Morgan fingerprint density at radius 2 is 2.42 bits per heavy atom. The van der Waals surface area contributed by atoms with Crippen LogP contribution in [0, 0.1) is 5.92 Å². The summed E-state index contributed by atoms with van der Waals surface area (Å²) >= 11 is 5.73. The lowest BCUT2D eigenvalue weighted by Gasteiger charge is -2.03. The van der Waals surface area contributed by atoms with Gasteiger partial charge in [0, 0.05) is 17.9 Å². The zero-order chi connectivity index (χ0) is 8.55. The molecule has 0 amide bonds. The van der Waals surface area contributed by atoms with Crippen molar-refractivity contribution in [2.75, 3.05) is 5.32 Å². The number of nitrogens with one attached hydrogen (secondary N) is 1. The first-order valence-corrected chi connectivity index (χ1v) is 4.51. The molecule has 1 aliphatic carbocycles. The van der Waals surface area contributed by atoms with Crippen molar-refractivity contribution in [1.82, 2.24) is 4.98 Å². The van der Waals surface area contributed by atoms with Gasteiger partial charge in [-0.3, -0.25) is 0 Å². The fraction of sp³-hybridized carbons (Fsp3) is 0.444. The smallest absolute Gasteiger partial charge is 0.131 e. The average molecular weight is 183 g/mol. The highest BCUT2D eigenvalue weighted by Crippen LogP contribution is 2.32. The van der Waals surface area contributed by atoms with Gasteiger partial charge in [-0.25, -0.2) is 4.98 Å². The summed E-state index contributed by atoms with van der Waals surface area (Å²) in [6.45, 7) is 2.24. The molecule has 0 radical (unpaired) electrons. The van der Waals surface area contributed by atoms with Gasteiger partial charge < -0.3 is 5.32 Å². The van der Waals surface area contributed by atoms with Gasteiger partial charge in [-0.05, 0) is 24.5 Å². The quantitative estimate of drug-likeness (QED) is 0.712. The Morgan fingerprint density at radius 1 is 1.67 bits per heavy atom. The first kappa shape index (κ1) is 7.87. The van der Waals surface area contributed by atoms with Crippen molar-refractivity contribution in [2.45, 2.75) is 19.4 Å². The van der Waals surface area contributed by atoms with Crippen LogP contribution in [-0.2, 0) is 0 Å². The Kier molecular flexibility index (Phi) is 1.93. The molecule has 0 unspecified atom stereocenters. The van der Waals surface area contributed by atoms with Gasteiger partial charge in [0.05, 0.1) is 0 Å². The molecule has 2 rings (SSSR count). The van der Waals surface area contributed by atoms with Crippen LogP contribution >= 0.6 is 11.6 Å². The molecule has 1 aromatic heterocycles. The minimum Gasteiger partial charge on any atom is -0.382 e. The first-order valence-electron chi connectivity index (χ1n) is 4.14. The normalized spacial score (nSPS) is 26.8. The topological polar surface area (TPSA) is 24.9 Å². The molecule has 1 aromatic rings.